The van der Waals surface area contributed by atoms with Gasteiger partial charge in [-0.05, 0) is 35.9 Å². The van der Waals surface area contributed by atoms with Crippen LogP contribution in [0.25, 0.3) is 0 Å². The summed E-state index contributed by atoms with van der Waals surface area (Å²) in [5.41, 5.74) is -0.796. The van der Waals surface area contributed by atoms with E-state index in [1.165, 1.54) is 6.07 Å². The first kappa shape index (κ1) is 18.6. The molecule has 1 fully saturated rings. The molecular formula is C16H18Cl2N6O2. The van der Waals surface area contributed by atoms with E-state index in [1.54, 1.807) is 23.7 Å². The van der Waals surface area contributed by atoms with E-state index in [-0.39, 0.29) is 6.54 Å². The molecule has 26 heavy (non-hydrogen) atoms. The number of nitrogens with one attached hydrogen (secondary N) is 1. The quantitative estimate of drug-likeness (QED) is 0.757. The molecular weight excluding hydrogens is 379 g/mol. The van der Waals surface area contributed by atoms with E-state index in [0.717, 1.165) is 17.7 Å². The van der Waals surface area contributed by atoms with E-state index in [0.29, 0.717) is 28.0 Å². The molecule has 0 bridgehead atoms. The number of tetrazole rings is 1. The highest BCUT2D eigenvalue weighted by atomic mass is 35.5. The number of unbranched alkanes of at least 4 members (excludes halogenated alkanes) is 1. The summed E-state index contributed by atoms with van der Waals surface area (Å²) in [6.07, 6.45) is 1.88. The average molecular weight is 397 g/mol. The van der Waals surface area contributed by atoms with Crippen molar-refractivity contribution in [3.8, 4) is 0 Å². The van der Waals surface area contributed by atoms with E-state index in [2.05, 4.69) is 27.8 Å². The van der Waals surface area contributed by atoms with Crippen LogP contribution in [-0.2, 0) is 23.4 Å². The molecule has 1 aromatic heterocycles. The normalized spacial score (nSPS) is 19.9. The number of rotatable bonds is 6. The van der Waals surface area contributed by atoms with E-state index in [1.807, 2.05) is 0 Å². The van der Waals surface area contributed by atoms with Gasteiger partial charge in [0.25, 0.3) is 5.91 Å². The maximum Gasteiger partial charge on any atom is 0.325 e. The minimum atomic E-state index is -1.28. The van der Waals surface area contributed by atoms with Crippen LogP contribution in [0, 0.1) is 0 Å². The number of halogens is 2. The number of imide groups is 1. The standard InChI is InChI=1S/C16H18Cl2N6O2/c1-3-4-7-24-13(20-21-22-24)9-23-14(25)16(2,19-15(23)26)11-6-5-10(17)8-12(11)18/h5-6,8H,3-4,7,9H2,1-2H3,(H,19,26). The van der Waals surface area contributed by atoms with Crippen molar-refractivity contribution in [2.45, 2.75) is 45.3 Å². The Morgan fingerprint density at radius 2 is 2.04 bits per heavy atom. The van der Waals surface area contributed by atoms with Gasteiger partial charge >= 0.3 is 6.03 Å². The molecule has 0 spiro atoms. The van der Waals surface area contributed by atoms with E-state index in [9.17, 15) is 9.59 Å². The van der Waals surface area contributed by atoms with E-state index >= 15 is 0 Å². The van der Waals surface area contributed by atoms with Gasteiger partial charge in [-0.1, -0.05) is 42.6 Å². The van der Waals surface area contributed by atoms with Gasteiger partial charge < -0.3 is 5.32 Å². The second-order valence-corrected chi connectivity index (χ2v) is 7.09. The summed E-state index contributed by atoms with van der Waals surface area (Å²) in [6, 6.07) is 4.28. The third-order valence-electron chi connectivity index (χ3n) is 4.37. The molecule has 3 rings (SSSR count). The summed E-state index contributed by atoms with van der Waals surface area (Å²) in [6.45, 7) is 4.29. The molecule has 1 aliphatic heterocycles. The molecule has 2 aromatic rings. The summed E-state index contributed by atoms with van der Waals surface area (Å²) in [4.78, 5) is 26.5. The first-order valence-corrected chi connectivity index (χ1v) is 8.97. The van der Waals surface area contributed by atoms with Gasteiger partial charge in [-0.25, -0.2) is 9.48 Å². The number of aryl methyl sites for hydroxylation is 1. The third-order valence-corrected chi connectivity index (χ3v) is 4.92. The van der Waals surface area contributed by atoms with Crippen molar-refractivity contribution in [3.63, 3.8) is 0 Å². The molecule has 1 unspecified atom stereocenters. The zero-order valence-electron chi connectivity index (χ0n) is 14.4. The van der Waals surface area contributed by atoms with E-state index < -0.39 is 17.5 Å². The Labute approximate surface area is 160 Å². The van der Waals surface area contributed by atoms with Crippen LogP contribution >= 0.6 is 23.2 Å². The van der Waals surface area contributed by atoms with Crippen LogP contribution in [-0.4, -0.2) is 37.0 Å². The molecule has 0 radical (unpaired) electrons. The fourth-order valence-corrected chi connectivity index (χ4v) is 3.48. The van der Waals surface area contributed by atoms with Crippen LogP contribution in [0.5, 0.6) is 0 Å². The van der Waals surface area contributed by atoms with Crippen molar-refractivity contribution in [1.29, 1.82) is 0 Å². The van der Waals surface area contributed by atoms with Gasteiger partial charge in [0, 0.05) is 22.2 Å². The van der Waals surface area contributed by atoms with Crippen molar-refractivity contribution in [2.75, 3.05) is 0 Å². The molecule has 0 saturated carbocycles. The number of carbonyl (C=O) groups is 2. The molecule has 0 aliphatic carbocycles. The Balaban J connectivity index is 1.86. The lowest BCUT2D eigenvalue weighted by atomic mass is 9.92. The summed E-state index contributed by atoms with van der Waals surface area (Å²) in [5.74, 6) is 0.0326. The summed E-state index contributed by atoms with van der Waals surface area (Å²) < 4.78 is 1.61. The van der Waals surface area contributed by atoms with Gasteiger partial charge in [-0.15, -0.1) is 5.10 Å². The topological polar surface area (TPSA) is 93.0 Å². The van der Waals surface area contributed by atoms with Crippen LogP contribution in [0.1, 0.15) is 38.1 Å². The van der Waals surface area contributed by atoms with Gasteiger partial charge in [0.15, 0.2) is 5.82 Å². The molecule has 1 saturated heterocycles. The van der Waals surface area contributed by atoms with Crippen LogP contribution in [0.4, 0.5) is 4.79 Å². The smallest absolute Gasteiger partial charge is 0.319 e. The lowest BCUT2D eigenvalue weighted by Crippen LogP contribution is -2.41. The number of amides is 3. The Morgan fingerprint density at radius 1 is 1.27 bits per heavy atom. The SMILES string of the molecule is CCCCn1nnnc1CN1C(=O)NC(C)(c2ccc(Cl)cc2Cl)C1=O. The minimum absolute atomic E-state index is 0.0117. The van der Waals surface area contributed by atoms with Crippen molar-refractivity contribution in [3.05, 3.63) is 39.6 Å². The highest BCUT2D eigenvalue weighted by Crippen LogP contribution is 2.35. The number of benzene rings is 1. The monoisotopic (exact) mass is 396 g/mol. The maximum atomic E-state index is 13.0. The molecule has 3 amide bonds. The number of nitrogens with zero attached hydrogens (tertiary/aromatic N) is 5. The Bertz CT molecular complexity index is 855. The fraction of sp³-hybridized carbons (Fsp3) is 0.438. The Hall–Kier alpha value is -2.19. The van der Waals surface area contributed by atoms with Crippen molar-refractivity contribution < 1.29 is 9.59 Å². The maximum absolute atomic E-state index is 13.0. The van der Waals surface area contributed by atoms with E-state index in [4.69, 9.17) is 23.2 Å². The second-order valence-electron chi connectivity index (χ2n) is 6.24. The van der Waals surface area contributed by atoms with Crippen LogP contribution in [0.2, 0.25) is 10.0 Å². The number of urea groups is 1. The predicted molar refractivity (Wildman–Crippen MR) is 95.6 cm³/mol. The lowest BCUT2D eigenvalue weighted by Gasteiger charge is -2.23. The van der Waals surface area contributed by atoms with Crippen LogP contribution in [0.15, 0.2) is 18.2 Å². The van der Waals surface area contributed by atoms with Gasteiger partial charge in [0.05, 0.1) is 6.54 Å². The van der Waals surface area contributed by atoms with Gasteiger partial charge in [0.2, 0.25) is 0 Å². The molecule has 1 aliphatic rings. The Morgan fingerprint density at radius 3 is 2.73 bits per heavy atom. The van der Waals surface area contributed by atoms with Crippen LogP contribution in [0.3, 0.4) is 0 Å². The molecule has 8 nitrogen and oxygen atoms in total. The highest BCUT2D eigenvalue weighted by molar-refractivity contribution is 6.35. The first-order chi connectivity index (χ1) is 12.4. The molecule has 10 heteroatoms. The van der Waals surface area contributed by atoms with Gasteiger partial charge in [-0.3, -0.25) is 9.69 Å². The van der Waals surface area contributed by atoms with Crippen molar-refractivity contribution in [1.82, 2.24) is 30.4 Å². The number of hydrogen-bond donors (Lipinski definition) is 1. The lowest BCUT2D eigenvalue weighted by molar-refractivity contribution is -0.131. The van der Waals surface area contributed by atoms with Gasteiger partial charge in [0.1, 0.15) is 5.54 Å². The molecule has 1 atom stereocenters. The zero-order chi connectivity index (χ0) is 18.9. The number of carbonyl (C=O) groups excluding carboxylic acids is 2. The largest absolute Gasteiger partial charge is 0.325 e. The summed E-state index contributed by atoms with van der Waals surface area (Å²) in [5, 5.41) is 15.0. The summed E-state index contributed by atoms with van der Waals surface area (Å²) >= 11 is 12.2. The number of hydrogen-bond acceptors (Lipinski definition) is 5. The van der Waals surface area contributed by atoms with Crippen molar-refractivity contribution >= 4 is 35.1 Å². The minimum Gasteiger partial charge on any atom is -0.319 e. The van der Waals surface area contributed by atoms with Crippen molar-refractivity contribution in [2.24, 2.45) is 0 Å². The molecule has 1 aromatic carbocycles. The predicted octanol–water partition coefficient (Wildman–Crippen LogP) is 2.75. The average Bonchev–Trinajstić information content (AvgIpc) is 3.11. The number of aromatic nitrogens is 4. The fourth-order valence-electron chi connectivity index (χ4n) is 2.88. The molecule has 2 heterocycles. The highest BCUT2D eigenvalue weighted by Gasteiger charge is 2.50. The molecule has 1 N–H and O–H groups in total. The molecule has 138 valence electrons. The van der Waals surface area contributed by atoms with Gasteiger partial charge in [-0.2, -0.15) is 0 Å². The van der Waals surface area contributed by atoms with Crippen LogP contribution < -0.4 is 5.32 Å². The Kier molecular flexibility index (Phi) is 5.15. The summed E-state index contributed by atoms with van der Waals surface area (Å²) in [7, 11) is 0. The first-order valence-electron chi connectivity index (χ1n) is 8.21. The third kappa shape index (κ3) is 3.26. The second kappa shape index (κ2) is 7.20. The zero-order valence-corrected chi connectivity index (χ0v) is 15.9.